The van der Waals surface area contributed by atoms with Crippen molar-refractivity contribution in [3.8, 4) is 22.1 Å². The Kier molecular flexibility index (Phi) is 7.32. The number of halogens is 1. The topological polar surface area (TPSA) is 60.5 Å². The van der Waals surface area contributed by atoms with E-state index in [1.807, 2.05) is 54.6 Å². The maximum atomic E-state index is 13.3. The summed E-state index contributed by atoms with van der Waals surface area (Å²) < 4.78 is 24.1. The number of benzene rings is 3. The van der Waals surface area contributed by atoms with Crippen LogP contribution in [0.4, 0.5) is 4.39 Å². The van der Waals surface area contributed by atoms with Crippen molar-refractivity contribution in [2.24, 2.45) is 0 Å². The van der Waals surface area contributed by atoms with Crippen LogP contribution in [0.25, 0.3) is 10.6 Å². The Bertz CT molecular complexity index is 1210. The number of carbonyl (C=O) groups excluding carboxylic acids is 1. The second-order valence-corrected chi connectivity index (χ2v) is 8.19. The van der Waals surface area contributed by atoms with Gasteiger partial charge in [0.05, 0.1) is 7.11 Å². The molecule has 1 aromatic heterocycles. The minimum atomic E-state index is -0.282. The molecule has 1 N–H and O–H groups in total. The zero-order valence-electron chi connectivity index (χ0n) is 18.1. The van der Waals surface area contributed by atoms with Crippen LogP contribution in [0.3, 0.4) is 0 Å². The average molecular weight is 463 g/mol. The number of amides is 1. The Morgan fingerprint density at radius 2 is 1.76 bits per heavy atom. The van der Waals surface area contributed by atoms with Gasteiger partial charge in [0.25, 0.3) is 5.91 Å². The van der Waals surface area contributed by atoms with Crippen molar-refractivity contribution in [2.45, 2.75) is 13.0 Å². The highest BCUT2D eigenvalue weighted by Gasteiger charge is 2.12. The van der Waals surface area contributed by atoms with Crippen LogP contribution >= 0.6 is 11.3 Å². The predicted molar refractivity (Wildman–Crippen MR) is 127 cm³/mol. The zero-order valence-corrected chi connectivity index (χ0v) is 18.9. The molecule has 0 atom stereocenters. The van der Waals surface area contributed by atoms with E-state index in [4.69, 9.17) is 9.47 Å². The second kappa shape index (κ2) is 10.7. The lowest BCUT2D eigenvalue weighted by Gasteiger charge is -2.07. The van der Waals surface area contributed by atoms with Gasteiger partial charge in [-0.1, -0.05) is 24.3 Å². The highest BCUT2D eigenvalue weighted by atomic mass is 32.1. The predicted octanol–water partition coefficient (Wildman–Crippen LogP) is 5.51. The van der Waals surface area contributed by atoms with E-state index in [1.165, 1.54) is 23.5 Å². The minimum absolute atomic E-state index is 0.193. The smallest absolute Gasteiger partial charge is 0.270 e. The quantitative estimate of drug-likeness (QED) is 0.356. The summed E-state index contributed by atoms with van der Waals surface area (Å²) in [7, 11) is 1.63. The molecular formula is C26H23FN2O3S. The third kappa shape index (κ3) is 6.17. The maximum absolute atomic E-state index is 13.3. The summed E-state index contributed by atoms with van der Waals surface area (Å²) >= 11 is 1.41. The first kappa shape index (κ1) is 22.5. The third-order valence-electron chi connectivity index (χ3n) is 4.99. The van der Waals surface area contributed by atoms with Gasteiger partial charge in [0, 0.05) is 17.5 Å². The SMILES string of the molecule is COc1ccc(CCNC(=O)c2csc(-c3ccc(OCc4cccc(F)c4)cc3)n2)cc1. The number of hydrogen-bond acceptors (Lipinski definition) is 5. The summed E-state index contributed by atoms with van der Waals surface area (Å²) in [5.74, 6) is 1.01. The third-order valence-corrected chi connectivity index (χ3v) is 5.88. The fraction of sp³-hybridized carbons (Fsp3) is 0.154. The number of hydrogen-bond donors (Lipinski definition) is 1. The first-order chi connectivity index (χ1) is 16.1. The van der Waals surface area contributed by atoms with Crippen LogP contribution in [0.2, 0.25) is 0 Å². The van der Waals surface area contributed by atoms with Gasteiger partial charge in [-0.05, 0) is 66.1 Å². The van der Waals surface area contributed by atoms with Crippen LogP contribution in [0.5, 0.6) is 11.5 Å². The van der Waals surface area contributed by atoms with Crippen LogP contribution in [0, 0.1) is 5.82 Å². The van der Waals surface area contributed by atoms with Crippen molar-refractivity contribution >= 4 is 17.2 Å². The highest BCUT2D eigenvalue weighted by Crippen LogP contribution is 2.26. The van der Waals surface area contributed by atoms with Gasteiger partial charge in [-0.25, -0.2) is 9.37 Å². The fourth-order valence-corrected chi connectivity index (χ4v) is 4.01. The molecule has 7 heteroatoms. The van der Waals surface area contributed by atoms with Crippen LogP contribution in [0.1, 0.15) is 21.6 Å². The van der Waals surface area contributed by atoms with E-state index in [0.29, 0.717) is 18.0 Å². The Morgan fingerprint density at radius 1 is 1.00 bits per heavy atom. The van der Waals surface area contributed by atoms with E-state index >= 15 is 0 Å². The Labute approximate surface area is 195 Å². The van der Waals surface area contributed by atoms with Gasteiger partial charge in [0.1, 0.15) is 34.6 Å². The maximum Gasteiger partial charge on any atom is 0.270 e. The molecule has 3 aromatic carbocycles. The lowest BCUT2D eigenvalue weighted by atomic mass is 10.1. The van der Waals surface area contributed by atoms with Gasteiger partial charge in [-0.2, -0.15) is 0 Å². The largest absolute Gasteiger partial charge is 0.497 e. The number of aromatic nitrogens is 1. The van der Waals surface area contributed by atoms with E-state index in [1.54, 1.807) is 18.6 Å². The first-order valence-corrected chi connectivity index (χ1v) is 11.3. The van der Waals surface area contributed by atoms with Crippen LogP contribution in [-0.2, 0) is 13.0 Å². The molecule has 0 fully saturated rings. The second-order valence-electron chi connectivity index (χ2n) is 7.33. The Balaban J connectivity index is 1.29. The molecule has 0 aliphatic heterocycles. The van der Waals surface area contributed by atoms with Crippen molar-refractivity contribution in [1.82, 2.24) is 10.3 Å². The van der Waals surface area contributed by atoms with E-state index < -0.39 is 0 Å². The number of ether oxygens (including phenoxy) is 2. The molecule has 168 valence electrons. The number of nitrogens with zero attached hydrogens (tertiary/aromatic N) is 1. The highest BCUT2D eigenvalue weighted by molar-refractivity contribution is 7.13. The standard InChI is InChI=1S/C26H23FN2O3S/c1-31-22-9-5-18(6-10-22)13-14-28-25(30)24-17-33-26(29-24)20-7-11-23(12-8-20)32-16-19-3-2-4-21(27)15-19/h2-12,15,17H,13-14,16H2,1H3,(H,28,30). The van der Waals surface area contributed by atoms with E-state index in [2.05, 4.69) is 10.3 Å². The summed E-state index contributed by atoms with van der Waals surface area (Å²) in [6.45, 7) is 0.810. The lowest BCUT2D eigenvalue weighted by Crippen LogP contribution is -2.25. The number of rotatable bonds is 9. The molecule has 4 aromatic rings. The molecule has 0 aliphatic rings. The van der Waals surface area contributed by atoms with Gasteiger partial charge in [0.2, 0.25) is 0 Å². The summed E-state index contributed by atoms with van der Waals surface area (Å²) in [5.41, 5.74) is 3.18. The summed E-state index contributed by atoms with van der Waals surface area (Å²) in [6.07, 6.45) is 0.726. The number of thiazole rings is 1. The summed E-state index contributed by atoms with van der Waals surface area (Å²) in [6, 6.07) is 21.6. The van der Waals surface area contributed by atoms with E-state index in [0.717, 1.165) is 33.9 Å². The number of carbonyl (C=O) groups is 1. The first-order valence-electron chi connectivity index (χ1n) is 10.4. The molecule has 5 nitrogen and oxygen atoms in total. The summed E-state index contributed by atoms with van der Waals surface area (Å²) in [4.78, 5) is 16.9. The number of nitrogens with one attached hydrogen (secondary N) is 1. The zero-order chi connectivity index (χ0) is 23.0. The molecule has 4 rings (SSSR count). The van der Waals surface area contributed by atoms with E-state index in [9.17, 15) is 9.18 Å². The van der Waals surface area contributed by atoms with Crippen molar-refractivity contribution in [3.63, 3.8) is 0 Å². The Hall–Kier alpha value is -3.71. The normalized spacial score (nSPS) is 10.6. The molecular weight excluding hydrogens is 439 g/mol. The van der Waals surface area contributed by atoms with E-state index in [-0.39, 0.29) is 18.3 Å². The van der Waals surface area contributed by atoms with Crippen molar-refractivity contribution < 1.29 is 18.7 Å². The molecule has 0 unspecified atom stereocenters. The van der Waals surface area contributed by atoms with Gasteiger partial charge in [-0.3, -0.25) is 4.79 Å². The molecule has 0 saturated heterocycles. The molecule has 0 radical (unpaired) electrons. The van der Waals surface area contributed by atoms with Gasteiger partial charge >= 0.3 is 0 Å². The molecule has 0 bridgehead atoms. The molecule has 0 spiro atoms. The monoisotopic (exact) mass is 462 g/mol. The molecule has 33 heavy (non-hydrogen) atoms. The lowest BCUT2D eigenvalue weighted by molar-refractivity contribution is 0.0950. The molecule has 1 heterocycles. The Morgan fingerprint density at radius 3 is 2.48 bits per heavy atom. The molecule has 0 aliphatic carbocycles. The van der Waals surface area contributed by atoms with Gasteiger partial charge in [-0.15, -0.1) is 11.3 Å². The van der Waals surface area contributed by atoms with Crippen LogP contribution < -0.4 is 14.8 Å². The fourth-order valence-electron chi connectivity index (χ4n) is 3.20. The average Bonchev–Trinajstić information content (AvgIpc) is 3.34. The molecule has 0 saturated carbocycles. The van der Waals surface area contributed by atoms with Crippen molar-refractivity contribution in [3.05, 3.63) is 101 Å². The van der Waals surface area contributed by atoms with Crippen molar-refractivity contribution in [2.75, 3.05) is 13.7 Å². The van der Waals surface area contributed by atoms with Gasteiger partial charge < -0.3 is 14.8 Å². The van der Waals surface area contributed by atoms with Crippen LogP contribution in [0.15, 0.2) is 78.2 Å². The van der Waals surface area contributed by atoms with Crippen molar-refractivity contribution in [1.29, 1.82) is 0 Å². The van der Waals surface area contributed by atoms with Crippen LogP contribution in [-0.4, -0.2) is 24.5 Å². The molecule has 1 amide bonds. The summed E-state index contributed by atoms with van der Waals surface area (Å²) in [5, 5.41) is 5.43. The van der Waals surface area contributed by atoms with Gasteiger partial charge in [0.15, 0.2) is 0 Å². The minimum Gasteiger partial charge on any atom is -0.497 e. The number of methoxy groups -OCH3 is 1.